The predicted octanol–water partition coefficient (Wildman–Crippen LogP) is 3.79. The molecule has 0 aromatic heterocycles. The van der Waals surface area contributed by atoms with Gasteiger partial charge in [0.05, 0.1) is 6.04 Å². The molecular weight excluding hydrogens is 366 g/mol. The van der Waals surface area contributed by atoms with Gasteiger partial charge in [0.15, 0.2) is 0 Å². The molecule has 0 aromatic rings. The van der Waals surface area contributed by atoms with Crippen molar-refractivity contribution in [3.8, 4) is 0 Å². The fraction of sp³-hybridized carbons (Fsp3) is 0.870. The maximum atomic E-state index is 12.7. The maximum absolute atomic E-state index is 12.7. The first kappa shape index (κ1) is 25.6. The summed E-state index contributed by atoms with van der Waals surface area (Å²) in [5, 5.41) is 6.02. The molecule has 0 heterocycles. The lowest BCUT2D eigenvalue weighted by molar-refractivity contribution is -0.111. The molecule has 0 aromatic carbocycles. The van der Waals surface area contributed by atoms with Crippen LogP contribution in [0.2, 0.25) is 0 Å². The number of urea groups is 1. The van der Waals surface area contributed by atoms with E-state index in [0.717, 1.165) is 51.2 Å². The summed E-state index contributed by atoms with van der Waals surface area (Å²) in [6.45, 7) is 12.1. The van der Waals surface area contributed by atoms with Crippen molar-refractivity contribution in [2.24, 2.45) is 16.7 Å². The number of nitrogens with one attached hydrogen (secondary N) is 2. The number of carbonyl (C=O) groups is 3. The van der Waals surface area contributed by atoms with Crippen LogP contribution in [0.25, 0.3) is 0 Å². The van der Waals surface area contributed by atoms with Gasteiger partial charge in [-0.1, -0.05) is 53.9 Å². The number of carbonyl (C=O) groups excluding carboxylic acids is 3. The van der Waals surface area contributed by atoms with Crippen LogP contribution in [0.1, 0.15) is 79.6 Å². The van der Waals surface area contributed by atoms with Crippen LogP contribution in [0.5, 0.6) is 0 Å². The lowest BCUT2D eigenvalue weighted by Crippen LogP contribution is -2.55. The number of likely N-dealkylation sites (N-methyl/N-ethyl adjacent to an activating group) is 1. The van der Waals surface area contributed by atoms with Gasteiger partial charge in [-0.05, 0) is 49.6 Å². The molecule has 6 heteroatoms. The van der Waals surface area contributed by atoms with Crippen molar-refractivity contribution >= 4 is 18.6 Å². The third-order valence-corrected chi connectivity index (χ3v) is 6.25. The van der Waals surface area contributed by atoms with Crippen molar-refractivity contribution in [3.63, 3.8) is 0 Å². The highest BCUT2D eigenvalue weighted by molar-refractivity contribution is 5.78. The van der Waals surface area contributed by atoms with Crippen molar-refractivity contribution in [2.75, 3.05) is 20.1 Å². The summed E-state index contributed by atoms with van der Waals surface area (Å²) in [5.74, 6) is 0.253. The monoisotopic (exact) mass is 409 g/mol. The minimum atomic E-state index is -0.405. The van der Waals surface area contributed by atoms with Gasteiger partial charge in [-0.15, -0.1) is 0 Å². The summed E-state index contributed by atoms with van der Waals surface area (Å²) < 4.78 is 0. The molecular formula is C23H43N3O3. The molecule has 0 saturated heterocycles. The van der Waals surface area contributed by atoms with Gasteiger partial charge in [-0.25, -0.2) is 4.79 Å². The van der Waals surface area contributed by atoms with E-state index < -0.39 is 6.04 Å². The first-order valence-corrected chi connectivity index (χ1v) is 11.1. The Morgan fingerprint density at radius 3 is 2.21 bits per heavy atom. The van der Waals surface area contributed by atoms with Gasteiger partial charge in [0.1, 0.15) is 12.6 Å². The number of aldehydes is 2. The van der Waals surface area contributed by atoms with Crippen LogP contribution in [-0.4, -0.2) is 55.7 Å². The molecule has 1 rings (SSSR count). The second-order valence-electron chi connectivity index (χ2n) is 10.6. The van der Waals surface area contributed by atoms with Gasteiger partial charge < -0.3 is 25.1 Å². The molecule has 0 aliphatic heterocycles. The standard InChI is InChI=1S/C23H43N3O3/c1-22(2,3)20(16-26(6)14-12-23(4,5)13-15-27)25-21(29)24-19(17-28)18-10-8-7-9-11-18/h15,17-20H,7-14,16H2,1-6H3,(H2,24,25,29). The van der Waals surface area contributed by atoms with Gasteiger partial charge in [-0.2, -0.15) is 0 Å². The third kappa shape index (κ3) is 9.75. The Labute approximate surface area is 177 Å². The van der Waals surface area contributed by atoms with Gasteiger partial charge in [0.25, 0.3) is 0 Å². The van der Waals surface area contributed by atoms with Crippen LogP contribution in [0.15, 0.2) is 0 Å². The van der Waals surface area contributed by atoms with Crippen molar-refractivity contribution in [3.05, 3.63) is 0 Å². The van der Waals surface area contributed by atoms with Gasteiger partial charge in [0.2, 0.25) is 0 Å². The van der Waals surface area contributed by atoms with E-state index in [-0.39, 0.29) is 28.8 Å². The summed E-state index contributed by atoms with van der Waals surface area (Å²) in [6.07, 6.45) is 8.84. The van der Waals surface area contributed by atoms with Crippen LogP contribution in [0.4, 0.5) is 4.79 Å². The van der Waals surface area contributed by atoms with E-state index in [4.69, 9.17) is 0 Å². The van der Waals surface area contributed by atoms with Gasteiger partial charge in [-0.3, -0.25) is 0 Å². The average molecular weight is 410 g/mol. The molecule has 1 saturated carbocycles. The first-order chi connectivity index (χ1) is 13.5. The minimum Gasteiger partial charge on any atom is -0.334 e. The Balaban J connectivity index is 2.62. The summed E-state index contributed by atoms with van der Waals surface area (Å²) in [7, 11) is 2.05. The normalized spacial score (nSPS) is 18.2. The molecule has 6 nitrogen and oxygen atoms in total. The van der Waals surface area contributed by atoms with Crippen LogP contribution in [-0.2, 0) is 9.59 Å². The zero-order chi connectivity index (χ0) is 22.1. The Morgan fingerprint density at radius 2 is 1.69 bits per heavy atom. The van der Waals surface area contributed by atoms with E-state index in [2.05, 4.69) is 50.2 Å². The van der Waals surface area contributed by atoms with Crippen LogP contribution in [0, 0.1) is 16.7 Å². The van der Waals surface area contributed by atoms with Gasteiger partial charge >= 0.3 is 6.03 Å². The number of rotatable bonds is 11. The van der Waals surface area contributed by atoms with Crippen molar-refractivity contribution in [2.45, 2.75) is 91.6 Å². The summed E-state index contributed by atoms with van der Waals surface area (Å²) in [6, 6.07) is -0.722. The van der Waals surface area contributed by atoms with Gasteiger partial charge in [0, 0.05) is 19.0 Å². The predicted molar refractivity (Wildman–Crippen MR) is 118 cm³/mol. The van der Waals surface area contributed by atoms with E-state index in [0.29, 0.717) is 13.0 Å². The summed E-state index contributed by atoms with van der Waals surface area (Å²) in [5.41, 5.74) is -0.138. The second-order valence-corrected chi connectivity index (χ2v) is 10.6. The Morgan fingerprint density at radius 1 is 1.07 bits per heavy atom. The largest absolute Gasteiger partial charge is 0.334 e. The number of nitrogens with zero attached hydrogens (tertiary/aromatic N) is 1. The molecule has 1 aliphatic carbocycles. The molecule has 29 heavy (non-hydrogen) atoms. The molecule has 2 unspecified atom stereocenters. The molecule has 0 spiro atoms. The number of hydrogen-bond donors (Lipinski definition) is 2. The molecule has 1 aliphatic rings. The van der Waals surface area contributed by atoms with E-state index >= 15 is 0 Å². The minimum absolute atomic E-state index is 0.0186. The lowest BCUT2D eigenvalue weighted by Gasteiger charge is -2.36. The smallest absolute Gasteiger partial charge is 0.315 e. The fourth-order valence-corrected chi connectivity index (χ4v) is 3.87. The number of amides is 2. The van der Waals surface area contributed by atoms with E-state index in [1.54, 1.807) is 0 Å². The quantitative estimate of drug-likeness (QED) is 0.509. The Bertz CT molecular complexity index is 522. The van der Waals surface area contributed by atoms with E-state index in [1.807, 2.05) is 7.05 Å². The highest BCUT2D eigenvalue weighted by Crippen LogP contribution is 2.27. The SMILES string of the molecule is CN(CCC(C)(C)CC=O)CC(NC(=O)NC(C=O)C1CCCCC1)C(C)(C)C. The number of hydrogen-bond acceptors (Lipinski definition) is 4. The second kappa shape index (κ2) is 11.7. The Hall–Kier alpha value is -1.43. The molecule has 1 fully saturated rings. The zero-order valence-corrected chi connectivity index (χ0v) is 19.4. The Kier molecular flexibility index (Phi) is 10.3. The molecule has 168 valence electrons. The summed E-state index contributed by atoms with van der Waals surface area (Å²) >= 11 is 0. The van der Waals surface area contributed by atoms with Crippen molar-refractivity contribution in [1.82, 2.24) is 15.5 Å². The maximum Gasteiger partial charge on any atom is 0.315 e. The molecule has 0 bridgehead atoms. The van der Waals surface area contributed by atoms with Crippen molar-refractivity contribution in [1.29, 1.82) is 0 Å². The van der Waals surface area contributed by atoms with E-state index in [1.165, 1.54) is 6.42 Å². The van der Waals surface area contributed by atoms with Crippen LogP contribution >= 0.6 is 0 Å². The van der Waals surface area contributed by atoms with E-state index in [9.17, 15) is 14.4 Å². The summed E-state index contributed by atoms with van der Waals surface area (Å²) in [4.78, 5) is 37.3. The fourth-order valence-electron chi connectivity index (χ4n) is 3.87. The highest BCUT2D eigenvalue weighted by Gasteiger charge is 2.30. The lowest BCUT2D eigenvalue weighted by atomic mass is 9.84. The third-order valence-electron chi connectivity index (χ3n) is 6.25. The highest BCUT2D eigenvalue weighted by atomic mass is 16.2. The van der Waals surface area contributed by atoms with Crippen LogP contribution in [0.3, 0.4) is 0 Å². The molecule has 0 radical (unpaired) electrons. The topological polar surface area (TPSA) is 78.5 Å². The zero-order valence-electron chi connectivity index (χ0n) is 19.4. The molecule has 2 N–H and O–H groups in total. The van der Waals surface area contributed by atoms with Crippen molar-refractivity contribution < 1.29 is 14.4 Å². The molecule has 2 amide bonds. The van der Waals surface area contributed by atoms with Crippen LogP contribution < -0.4 is 10.6 Å². The first-order valence-electron chi connectivity index (χ1n) is 11.1. The molecule has 2 atom stereocenters. The average Bonchev–Trinajstić information content (AvgIpc) is 2.64.